The molecule has 196 valence electrons. The molecule has 1 saturated heterocycles. The van der Waals surface area contributed by atoms with Gasteiger partial charge in [-0.2, -0.15) is 0 Å². The summed E-state index contributed by atoms with van der Waals surface area (Å²) in [6.45, 7) is 7.78. The van der Waals surface area contributed by atoms with Crippen molar-refractivity contribution in [1.29, 1.82) is 0 Å². The Morgan fingerprint density at radius 2 is 1.70 bits per heavy atom. The van der Waals surface area contributed by atoms with Gasteiger partial charge in [-0.3, -0.25) is 0 Å². The Bertz CT molecular complexity index is 1170. The van der Waals surface area contributed by atoms with E-state index in [0.29, 0.717) is 11.7 Å². The number of aromatic hydroxyl groups is 1. The molecule has 1 aliphatic carbocycles. The number of hydrogen-bond acceptors (Lipinski definition) is 4. The molecule has 0 bridgehead atoms. The van der Waals surface area contributed by atoms with Gasteiger partial charge in [0.2, 0.25) is 0 Å². The summed E-state index contributed by atoms with van der Waals surface area (Å²) in [6.07, 6.45) is 8.36. The zero-order valence-electron chi connectivity index (χ0n) is 22.6. The van der Waals surface area contributed by atoms with Crippen LogP contribution in [0.3, 0.4) is 0 Å². The fraction of sp³-hybridized carbons (Fsp3) is 0.455. The third kappa shape index (κ3) is 6.30. The summed E-state index contributed by atoms with van der Waals surface area (Å²) in [5.74, 6) is 1.74. The number of nitrogens with zero attached hydrogens (tertiary/aromatic N) is 2. The van der Waals surface area contributed by atoms with Crippen molar-refractivity contribution in [3.63, 3.8) is 0 Å². The van der Waals surface area contributed by atoms with Crippen LogP contribution in [0.2, 0.25) is 0 Å². The molecule has 1 aliphatic heterocycles. The molecule has 2 aliphatic rings. The summed E-state index contributed by atoms with van der Waals surface area (Å²) in [5.41, 5.74) is 8.12. The number of piperidine rings is 1. The first-order valence-corrected chi connectivity index (χ1v) is 14.2. The predicted molar refractivity (Wildman–Crippen MR) is 153 cm³/mol. The second-order valence-electron chi connectivity index (χ2n) is 10.8. The summed E-state index contributed by atoms with van der Waals surface area (Å²) in [4.78, 5) is 5.11. The maximum absolute atomic E-state index is 9.90. The van der Waals surface area contributed by atoms with Crippen molar-refractivity contribution in [1.82, 2.24) is 4.90 Å². The second-order valence-corrected chi connectivity index (χ2v) is 10.8. The first-order chi connectivity index (χ1) is 18.1. The van der Waals surface area contributed by atoms with Gasteiger partial charge in [-0.15, -0.1) is 0 Å². The van der Waals surface area contributed by atoms with E-state index in [2.05, 4.69) is 65.3 Å². The fourth-order valence-electron chi connectivity index (χ4n) is 6.15. The number of ether oxygens (including phenoxy) is 1. The highest BCUT2D eigenvalue weighted by Gasteiger charge is 2.24. The minimum atomic E-state index is 0.372. The van der Waals surface area contributed by atoms with Gasteiger partial charge in [0, 0.05) is 31.4 Å². The van der Waals surface area contributed by atoms with Gasteiger partial charge in [0.05, 0.1) is 7.11 Å². The lowest BCUT2D eigenvalue weighted by Gasteiger charge is -2.32. The topological polar surface area (TPSA) is 35.9 Å². The SMILES string of the molecule is CCN(Cc1ccc(CCN2CCCCC2)cc1)c1cc(OC)ccc1C1CCc2cc(O)ccc2C1. The molecule has 1 N–H and O–H groups in total. The first-order valence-electron chi connectivity index (χ1n) is 14.2. The maximum atomic E-state index is 9.90. The lowest BCUT2D eigenvalue weighted by molar-refractivity contribution is 0.231. The van der Waals surface area contributed by atoms with E-state index < -0.39 is 0 Å². The second kappa shape index (κ2) is 12.0. The number of likely N-dealkylation sites (tertiary alicyclic amines) is 1. The highest BCUT2D eigenvalue weighted by molar-refractivity contribution is 5.60. The van der Waals surface area contributed by atoms with Crippen molar-refractivity contribution >= 4 is 5.69 Å². The Balaban J connectivity index is 1.31. The lowest BCUT2D eigenvalue weighted by Crippen LogP contribution is -2.31. The zero-order valence-corrected chi connectivity index (χ0v) is 22.6. The van der Waals surface area contributed by atoms with Crippen LogP contribution < -0.4 is 9.64 Å². The van der Waals surface area contributed by atoms with Crippen molar-refractivity contribution < 1.29 is 9.84 Å². The average Bonchev–Trinajstić information content (AvgIpc) is 2.95. The van der Waals surface area contributed by atoms with E-state index in [-0.39, 0.29) is 0 Å². The molecule has 4 nitrogen and oxygen atoms in total. The van der Waals surface area contributed by atoms with Crippen molar-refractivity contribution in [3.8, 4) is 11.5 Å². The van der Waals surface area contributed by atoms with Crippen LogP contribution in [0.15, 0.2) is 60.7 Å². The van der Waals surface area contributed by atoms with Crippen LogP contribution in [0.25, 0.3) is 0 Å². The molecule has 0 amide bonds. The van der Waals surface area contributed by atoms with Crippen LogP contribution >= 0.6 is 0 Å². The molecule has 0 saturated carbocycles. The summed E-state index contributed by atoms with van der Waals surface area (Å²) in [7, 11) is 1.75. The zero-order chi connectivity index (χ0) is 25.6. The number of phenols is 1. The van der Waals surface area contributed by atoms with Crippen molar-refractivity contribution in [2.75, 3.05) is 38.2 Å². The van der Waals surface area contributed by atoms with E-state index >= 15 is 0 Å². The molecule has 1 fully saturated rings. The molecule has 1 unspecified atom stereocenters. The van der Waals surface area contributed by atoms with Gasteiger partial charge in [0.15, 0.2) is 0 Å². The van der Waals surface area contributed by atoms with Crippen molar-refractivity contribution in [2.45, 2.75) is 64.3 Å². The van der Waals surface area contributed by atoms with Gasteiger partial charge in [0.25, 0.3) is 0 Å². The number of hydrogen-bond donors (Lipinski definition) is 1. The summed E-state index contributed by atoms with van der Waals surface area (Å²) >= 11 is 0. The van der Waals surface area contributed by atoms with E-state index in [0.717, 1.165) is 44.5 Å². The largest absolute Gasteiger partial charge is 0.508 e. The smallest absolute Gasteiger partial charge is 0.120 e. The minimum absolute atomic E-state index is 0.372. The number of phenolic OH excluding ortho intramolecular Hbond substituents is 1. The van der Waals surface area contributed by atoms with E-state index in [1.165, 1.54) is 72.4 Å². The van der Waals surface area contributed by atoms with Gasteiger partial charge < -0.3 is 19.6 Å². The van der Waals surface area contributed by atoms with Gasteiger partial charge >= 0.3 is 0 Å². The van der Waals surface area contributed by atoms with Crippen LogP contribution in [0.5, 0.6) is 11.5 Å². The fourth-order valence-corrected chi connectivity index (χ4v) is 6.15. The van der Waals surface area contributed by atoms with Crippen LogP contribution in [-0.4, -0.2) is 43.3 Å². The summed E-state index contributed by atoms with van der Waals surface area (Å²) in [5, 5.41) is 9.90. The lowest BCUT2D eigenvalue weighted by atomic mass is 9.79. The molecular formula is C33H42N2O2. The third-order valence-electron chi connectivity index (χ3n) is 8.38. The normalized spacial score (nSPS) is 17.8. The number of fused-ring (bicyclic) bond motifs is 1. The quantitative estimate of drug-likeness (QED) is 0.355. The van der Waals surface area contributed by atoms with E-state index in [1.54, 1.807) is 7.11 Å². The van der Waals surface area contributed by atoms with Crippen LogP contribution in [0.4, 0.5) is 5.69 Å². The van der Waals surface area contributed by atoms with Gasteiger partial charge in [0.1, 0.15) is 11.5 Å². The van der Waals surface area contributed by atoms with E-state index in [9.17, 15) is 5.11 Å². The van der Waals surface area contributed by atoms with Gasteiger partial charge in [-0.1, -0.05) is 42.8 Å². The number of anilines is 1. The Labute approximate surface area is 222 Å². The van der Waals surface area contributed by atoms with Crippen LogP contribution in [0, 0.1) is 0 Å². The molecule has 37 heavy (non-hydrogen) atoms. The molecule has 0 radical (unpaired) electrons. The number of methoxy groups -OCH3 is 1. The molecule has 0 spiro atoms. The van der Waals surface area contributed by atoms with Crippen LogP contribution in [-0.2, 0) is 25.8 Å². The molecule has 4 heteroatoms. The summed E-state index contributed by atoms with van der Waals surface area (Å²) < 4.78 is 5.65. The molecule has 1 heterocycles. The molecule has 3 aromatic carbocycles. The number of aryl methyl sites for hydroxylation is 1. The molecule has 5 rings (SSSR count). The monoisotopic (exact) mass is 498 g/mol. The Morgan fingerprint density at radius 1 is 0.919 bits per heavy atom. The highest BCUT2D eigenvalue weighted by atomic mass is 16.5. The van der Waals surface area contributed by atoms with Gasteiger partial charge in [-0.05, 0) is 110 Å². The molecular weight excluding hydrogens is 456 g/mol. The third-order valence-corrected chi connectivity index (χ3v) is 8.38. The van der Waals surface area contributed by atoms with Crippen molar-refractivity contribution in [3.05, 3.63) is 88.5 Å². The van der Waals surface area contributed by atoms with E-state index in [1.807, 2.05) is 12.1 Å². The molecule has 1 atom stereocenters. The van der Waals surface area contributed by atoms with Crippen LogP contribution in [0.1, 0.15) is 66.3 Å². The Kier molecular flexibility index (Phi) is 8.35. The maximum Gasteiger partial charge on any atom is 0.120 e. The van der Waals surface area contributed by atoms with E-state index in [4.69, 9.17) is 4.74 Å². The first kappa shape index (κ1) is 25.7. The number of benzene rings is 3. The minimum Gasteiger partial charge on any atom is -0.508 e. The molecule has 3 aromatic rings. The Hall–Kier alpha value is -2.98. The Morgan fingerprint density at radius 3 is 2.46 bits per heavy atom. The summed E-state index contributed by atoms with van der Waals surface area (Å²) in [6, 6.07) is 21.8. The molecule has 0 aromatic heterocycles. The standard InChI is InChI=1S/C33H42N2O2/c1-3-35(24-26-9-7-25(8-10-26)17-20-34-18-5-4-6-19-34)33-23-31(37-2)15-16-32(33)29-12-11-28-22-30(36)14-13-27(28)21-29/h7-10,13-16,22-23,29,36H,3-6,11-12,17-21,24H2,1-2H3. The number of rotatable bonds is 9. The van der Waals surface area contributed by atoms with Gasteiger partial charge in [-0.25, -0.2) is 0 Å². The van der Waals surface area contributed by atoms with Crippen molar-refractivity contribution in [2.24, 2.45) is 0 Å². The average molecular weight is 499 g/mol. The predicted octanol–water partition coefficient (Wildman–Crippen LogP) is 6.73. The highest BCUT2D eigenvalue weighted by Crippen LogP contribution is 2.40.